The van der Waals surface area contributed by atoms with Gasteiger partial charge in [-0.2, -0.15) is 0 Å². The van der Waals surface area contributed by atoms with Gasteiger partial charge in [-0.1, -0.05) is 0 Å². The predicted molar refractivity (Wildman–Crippen MR) is 113 cm³/mol. The second kappa shape index (κ2) is 7.08. The van der Waals surface area contributed by atoms with Crippen LogP contribution < -0.4 is 4.90 Å². The smallest absolute Gasteiger partial charge is 0.225 e. The zero-order valence-electron chi connectivity index (χ0n) is 15.9. The van der Waals surface area contributed by atoms with E-state index in [0.717, 1.165) is 65.6 Å². The number of rotatable bonds is 3. The maximum atomic E-state index is 12.7. The summed E-state index contributed by atoms with van der Waals surface area (Å²) in [6, 6.07) is 2.05. The van der Waals surface area contributed by atoms with E-state index in [0.29, 0.717) is 13.0 Å². The van der Waals surface area contributed by atoms with Crippen molar-refractivity contribution in [3.8, 4) is 0 Å². The molecule has 1 atom stereocenters. The number of amides is 1. The maximum Gasteiger partial charge on any atom is 0.225 e. The molecular weight excluding hydrogens is 390 g/mol. The second-order valence-corrected chi connectivity index (χ2v) is 9.75. The van der Waals surface area contributed by atoms with Gasteiger partial charge in [-0.3, -0.25) is 4.79 Å². The van der Waals surface area contributed by atoms with Gasteiger partial charge in [0, 0.05) is 30.4 Å². The van der Waals surface area contributed by atoms with Gasteiger partial charge in [-0.25, -0.2) is 15.0 Å². The molecule has 2 aliphatic rings. The molecule has 2 aliphatic heterocycles. The molecule has 2 saturated heterocycles. The Labute approximate surface area is 172 Å². The number of aryl methyl sites for hydroxylation is 1. The molecule has 6 nitrogen and oxygen atoms in total. The van der Waals surface area contributed by atoms with Crippen LogP contribution in [0.2, 0.25) is 0 Å². The van der Waals surface area contributed by atoms with Crippen molar-refractivity contribution in [1.29, 1.82) is 0 Å². The molecule has 5 heterocycles. The van der Waals surface area contributed by atoms with Crippen LogP contribution in [0.15, 0.2) is 23.0 Å². The number of aromatic nitrogens is 3. The summed E-state index contributed by atoms with van der Waals surface area (Å²) in [6.45, 7) is 4.48. The third-order valence-electron chi connectivity index (χ3n) is 6.06. The number of fused-ring (bicyclic) bond motifs is 1. The molecule has 0 aliphatic carbocycles. The van der Waals surface area contributed by atoms with Crippen LogP contribution in [0.1, 0.15) is 42.8 Å². The monoisotopic (exact) mass is 413 g/mol. The Hall–Kier alpha value is -2.06. The molecule has 0 radical (unpaired) electrons. The van der Waals surface area contributed by atoms with E-state index < -0.39 is 0 Å². The highest BCUT2D eigenvalue weighted by Gasteiger charge is 2.46. The van der Waals surface area contributed by atoms with Crippen molar-refractivity contribution in [2.75, 3.05) is 18.0 Å². The van der Waals surface area contributed by atoms with Crippen LogP contribution in [0.5, 0.6) is 0 Å². The van der Waals surface area contributed by atoms with Gasteiger partial charge >= 0.3 is 0 Å². The molecular formula is C20H23N5OS2. The summed E-state index contributed by atoms with van der Waals surface area (Å²) in [5, 5.41) is 5.20. The Kier molecular flexibility index (Phi) is 4.55. The van der Waals surface area contributed by atoms with Gasteiger partial charge < -0.3 is 9.80 Å². The fourth-order valence-electron chi connectivity index (χ4n) is 4.58. The van der Waals surface area contributed by atoms with Crippen molar-refractivity contribution in [3.63, 3.8) is 0 Å². The molecule has 0 N–H and O–H groups in total. The highest BCUT2D eigenvalue weighted by atomic mass is 32.1. The van der Waals surface area contributed by atoms with Crippen molar-refractivity contribution in [1.82, 2.24) is 19.9 Å². The van der Waals surface area contributed by atoms with Crippen molar-refractivity contribution in [2.24, 2.45) is 0 Å². The quantitative estimate of drug-likeness (QED) is 0.649. The molecule has 146 valence electrons. The first-order chi connectivity index (χ1) is 13.6. The lowest BCUT2D eigenvalue weighted by Crippen LogP contribution is -2.46. The summed E-state index contributed by atoms with van der Waals surface area (Å²) in [4.78, 5) is 31.1. The number of nitrogens with zero attached hydrogens (tertiary/aromatic N) is 5. The first-order valence-corrected chi connectivity index (χ1v) is 11.6. The fraction of sp³-hybridized carbons (Fsp3) is 0.500. The zero-order chi connectivity index (χ0) is 19.1. The topological polar surface area (TPSA) is 62.2 Å². The molecule has 8 heteroatoms. The number of carbonyl (C=O) groups excluding carboxylic acids is 1. The average Bonchev–Trinajstić information content (AvgIpc) is 3.35. The Morgan fingerprint density at radius 1 is 1.18 bits per heavy atom. The third-order valence-corrected chi connectivity index (χ3v) is 7.72. The minimum atomic E-state index is -0.0458. The Morgan fingerprint density at radius 3 is 2.96 bits per heavy atom. The van der Waals surface area contributed by atoms with E-state index in [2.05, 4.69) is 36.6 Å². The highest BCUT2D eigenvalue weighted by molar-refractivity contribution is 7.17. The van der Waals surface area contributed by atoms with E-state index in [1.165, 1.54) is 0 Å². The van der Waals surface area contributed by atoms with Crippen LogP contribution in [-0.2, 0) is 11.3 Å². The number of hydrogen-bond donors (Lipinski definition) is 0. The van der Waals surface area contributed by atoms with E-state index in [9.17, 15) is 4.79 Å². The van der Waals surface area contributed by atoms with Crippen molar-refractivity contribution < 1.29 is 4.79 Å². The maximum absolute atomic E-state index is 12.7. The molecule has 2 fully saturated rings. The minimum absolute atomic E-state index is 0.0458. The highest BCUT2D eigenvalue weighted by Crippen LogP contribution is 2.40. The van der Waals surface area contributed by atoms with Crippen molar-refractivity contribution >= 4 is 44.7 Å². The number of hydrogen-bond acceptors (Lipinski definition) is 7. The summed E-state index contributed by atoms with van der Waals surface area (Å²) in [5.41, 5.74) is 1.99. The van der Waals surface area contributed by atoms with Crippen molar-refractivity contribution in [2.45, 2.75) is 51.1 Å². The largest absolute Gasteiger partial charge is 0.341 e. The molecule has 0 saturated carbocycles. The summed E-state index contributed by atoms with van der Waals surface area (Å²) >= 11 is 3.33. The lowest BCUT2D eigenvalue weighted by atomic mass is 9.87. The summed E-state index contributed by atoms with van der Waals surface area (Å²) in [7, 11) is 0. The van der Waals surface area contributed by atoms with E-state index >= 15 is 0 Å². The van der Waals surface area contributed by atoms with Crippen LogP contribution in [0.25, 0.3) is 10.2 Å². The Morgan fingerprint density at radius 2 is 2.11 bits per heavy atom. The van der Waals surface area contributed by atoms with E-state index in [1.54, 1.807) is 22.7 Å². The van der Waals surface area contributed by atoms with Gasteiger partial charge in [0.1, 0.15) is 0 Å². The molecule has 3 aromatic heterocycles. The first kappa shape index (κ1) is 18.0. The summed E-state index contributed by atoms with van der Waals surface area (Å²) < 4.78 is 1.13. The lowest BCUT2D eigenvalue weighted by Gasteiger charge is -2.38. The zero-order valence-corrected chi connectivity index (χ0v) is 17.6. The average molecular weight is 414 g/mol. The number of likely N-dealkylation sites (tertiary alicyclic amines) is 1. The molecule has 3 aromatic rings. The predicted octanol–water partition coefficient (Wildman–Crippen LogP) is 4.01. The molecule has 0 unspecified atom stereocenters. The van der Waals surface area contributed by atoms with Crippen LogP contribution >= 0.6 is 22.7 Å². The van der Waals surface area contributed by atoms with Crippen LogP contribution in [0.3, 0.4) is 0 Å². The molecule has 5 rings (SSSR count). The first-order valence-electron chi connectivity index (χ1n) is 9.80. The molecule has 1 amide bonds. The normalized spacial score (nSPS) is 23.1. The SMILES string of the molecule is Cc1nc(CN2C(=O)CC[C@@]23CCCN(c2ncc4sccc4n2)CC3)cs1. The number of anilines is 1. The Bertz CT molecular complexity index is 1010. The van der Waals surface area contributed by atoms with E-state index in [1.807, 2.05) is 13.1 Å². The van der Waals surface area contributed by atoms with Gasteiger partial charge in [0.2, 0.25) is 11.9 Å². The van der Waals surface area contributed by atoms with Gasteiger partial charge in [-0.05, 0) is 44.1 Å². The van der Waals surface area contributed by atoms with Crippen molar-refractivity contribution in [3.05, 3.63) is 33.7 Å². The third kappa shape index (κ3) is 3.18. The molecule has 0 bridgehead atoms. The lowest BCUT2D eigenvalue weighted by molar-refractivity contribution is -0.132. The van der Waals surface area contributed by atoms with Gasteiger partial charge in [0.25, 0.3) is 0 Å². The van der Waals surface area contributed by atoms with Gasteiger partial charge in [0.05, 0.1) is 33.7 Å². The van der Waals surface area contributed by atoms with Crippen LogP contribution in [0.4, 0.5) is 5.95 Å². The number of thiazole rings is 1. The van der Waals surface area contributed by atoms with Gasteiger partial charge in [-0.15, -0.1) is 22.7 Å². The van der Waals surface area contributed by atoms with E-state index in [-0.39, 0.29) is 11.4 Å². The van der Waals surface area contributed by atoms with Gasteiger partial charge in [0.15, 0.2) is 0 Å². The molecule has 0 aromatic carbocycles. The standard InChI is InChI=1S/C20H23N5OS2/c1-14-22-15(13-28-14)12-25-18(26)3-6-20(25)5-2-8-24(9-7-20)19-21-11-17-16(23-19)4-10-27-17/h4,10-11,13H,2-3,5-9,12H2,1H3/t20-/m1/s1. The summed E-state index contributed by atoms with van der Waals surface area (Å²) in [6.07, 6.45) is 6.59. The minimum Gasteiger partial charge on any atom is -0.341 e. The fourth-order valence-corrected chi connectivity index (χ4v) is 5.88. The second-order valence-electron chi connectivity index (χ2n) is 7.74. The summed E-state index contributed by atoms with van der Waals surface area (Å²) in [5.74, 6) is 1.09. The van der Waals surface area contributed by atoms with Crippen LogP contribution in [-0.4, -0.2) is 44.4 Å². The number of thiophene rings is 1. The number of carbonyl (C=O) groups is 1. The Balaban J connectivity index is 1.36. The molecule has 28 heavy (non-hydrogen) atoms. The van der Waals surface area contributed by atoms with Crippen LogP contribution in [0, 0.1) is 6.92 Å². The molecule has 1 spiro atoms. The van der Waals surface area contributed by atoms with E-state index in [4.69, 9.17) is 4.98 Å².